The number of anilines is 1. The molecule has 4 rings (SSSR count). The van der Waals surface area contributed by atoms with E-state index < -0.39 is 53.2 Å². The highest BCUT2D eigenvalue weighted by atomic mass is 19.1. The first-order valence-electron chi connectivity index (χ1n) is 12.5. The van der Waals surface area contributed by atoms with Gasteiger partial charge >= 0.3 is 12.0 Å². The van der Waals surface area contributed by atoms with Gasteiger partial charge in [-0.3, -0.25) is 29.4 Å². The number of hydrogen-bond donors (Lipinski definition) is 3. The summed E-state index contributed by atoms with van der Waals surface area (Å²) < 4.78 is 13.3. The van der Waals surface area contributed by atoms with E-state index in [1.165, 1.54) is 35.2 Å². The topological polar surface area (TPSA) is 162 Å². The Balaban J connectivity index is 1.66. The number of aryl methyl sites for hydroxylation is 1. The number of nitrogens with zero attached hydrogens (tertiary/aromatic N) is 3. The summed E-state index contributed by atoms with van der Waals surface area (Å²) in [6.45, 7) is 1.80. The van der Waals surface area contributed by atoms with Crippen LogP contribution in [0.1, 0.15) is 33.9 Å². The van der Waals surface area contributed by atoms with Gasteiger partial charge in [-0.2, -0.15) is 0 Å². The van der Waals surface area contributed by atoms with Crippen LogP contribution in [-0.4, -0.2) is 62.9 Å². The van der Waals surface area contributed by atoms with Crippen LogP contribution in [0.15, 0.2) is 72.8 Å². The molecule has 4 amide bonds. The predicted molar refractivity (Wildman–Crippen MR) is 144 cm³/mol. The predicted octanol–water partition coefficient (Wildman–Crippen LogP) is 3.69. The fourth-order valence-corrected chi connectivity index (χ4v) is 4.46. The lowest BCUT2D eigenvalue weighted by Crippen LogP contribution is -2.55. The van der Waals surface area contributed by atoms with Gasteiger partial charge in [0.05, 0.1) is 17.4 Å². The average molecular weight is 564 g/mol. The third kappa shape index (κ3) is 6.82. The van der Waals surface area contributed by atoms with E-state index in [1.54, 1.807) is 24.3 Å². The maximum absolute atomic E-state index is 13.7. The van der Waals surface area contributed by atoms with Crippen molar-refractivity contribution in [2.45, 2.75) is 25.6 Å². The maximum Gasteiger partial charge on any atom is 0.323 e. The van der Waals surface area contributed by atoms with Crippen LogP contribution < -0.4 is 10.6 Å². The van der Waals surface area contributed by atoms with Crippen molar-refractivity contribution in [1.29, 1.82) is 0 Å². The monoisotopic (exact) mass is 563 g/mol. The molecule has 1 heterocycles. The van der Waals surface area contributed by atoms with Crippen molar-refractivity contribution in [3.63, 3.8) is 0 Å². The Kier molecular flexibility index (Phi) is 8.56. The van der Waals surface area contributed by atoms with Gasteiger partial charge in [-0.1, -0.05) is 29.8 Å². The molecule has 0 radical (unpaired) electrons. The largest absolute Gasteiger partial charge is 0.481 e. The van der Waals surface area contributed by atoms with E-state index in [-0.39, 0.29) is 35.6 Å². The minimum Gasteiger partial charge on any atom is -0.481 e. The summed E-state index contributed by atoms with van der Waals surface area (Å²) >= 11 is 0. The molecule has 13 heteroatoms. The van der Waals surface area contributed by atoms with Gasteiger partial charge in [-0.25, -0.2) is 9.18 Å². The number of non-ortho nitro benzene ring substituents is 1. The first-order chi connectivity index (χ1) is 19.5. The second-order valence-electron chi connectivity index (χ2n) is 9.38. The Hall–Kier alpha value is -5.33. The number of hydrogen-bond acceptors (Lipinski definition) is 6. The molecule has 12 nitrogen and oxygen atoms in total. The fourth-order valence-electron chi connectivity index (χ4n) is 4.46. The normalized spacial score (nSPS) is 15.2. The molecular formula is C28H26FN5O7. The van der Waals surface area contributed by atoms with E-state index in [2.05, 4.69) is 10.6 Å². The van der Waals surface area contributed by atoms with E-state index in [4.69, 9.17) is 0 Å². The minimum absolute atomic E-state index is 0.0119. The fraction of sp³-hybridized carbons (Fsp3) is 0.214. The molecule has 3 N–H and O–H groups in total. The number of aliphatic carboxylic acids is 1. The van der Waals surface area contributed by atoms with Crippen molar-refractivity contribution in [2.24, 2.45) is 0 Å². The molecule has 3 aromatic carbocycles. The van der Waals surface area contributed by atoms with Gasteiger partial charge in [0.1, 0.15) is 5.82 Å². The van der Waals surface area contributed by atoms with Gasteiger partial charge in [-0.15, -0.1) is 0 Å². The lowest BCUT2D eigenvalue weighted by atomic mass is 10.0. The number of benzene rings is 3. The molecule has 0 bridgehead atoms. The Morgan fingerprint density at radius 3 is 2.32 bits per heavy atom. The van der Waals surface area contributed by atoms with E-state index in [9.17, 15) is 38.8 Å². The van der Waals surface area contributed by atoms with Crippen LogP contribution in [0.25, 0.3) is 0 Å². The number of carbonyl (C=O) groups excluding carboxylic acids is 3. The zero-order valence-electron chi connectivity index (χ0n) is 21.8. The van der Waals surface area contributed by atoms with Crippen LogP contribution in [-0.2, 0) is 9.59 Å². The van der Waals surface area contributed by atoms with Gasteiger partial charge in [0.25, 0.3) is 17.5 Å². The number of halogens is 1. The van der Waals surface area contributed by atoms with Gasteiger partial charge < -0.3 is 20.6 Å². The zero-order chi connectivity index (χ0) is 29.7. The molecule has 212 valence electrons. The molecular weight excluding hydrogens is 537 g/mol. The lowest BCUT2D eigenvalue weighted by Gasteiger charge is -2.31. The molecule has 0 aliphatic carbocycles. The van der Waals surface area contributed by atoms with Crippen LogP contribution in [0.4, 0.5) is 20.6 Å². The number of nitro groups is 1. The number of carbonyl (C=O) groups is 4. The number of amides is 4. The minimum atomic E-state index is -1.49. The van der Waals surface area contributed by atoms with Gasteiger partial charge in [0.2, 0.25) is 0 Å². The highest BCUT2D eigenvalue weighted by Crippen LogP contribution is 2.25. The van der Waals surface area contributed by atoms with E-state index in [0.29, 0.717) is 0 Å². The lowest BCUT2D eigenvalue weighted by molar-refractivity contribution is -0.384. The standard InChI is InChI=1S/C28H26FN5O7/c1-17-5-7-18(8-6-17)27(38)32-13-14-33(28(39)30-21-11-9-20(29)10-12-21)26(32)25(37)31-23(16-24(35)36)19-3-2-4-22(15-19)34(40)41/h2-12,15,23,26H,13-14,16H2,1H3,(H,30,39)(H,31,37)(H,35,36). The van der Waals surface area contributed by atoms with Gasteiger partial charge in [-0.05, 0) is 48.9 Å². The van der Waals surface area contributed by atoms with Gasteiger partial charge in [0, 0.05) is 36.5 Å². The third-order valence-corrected chi connectivity index (χ3v) is 6.50. The van der Waals surface area contributed by atoms with Crippen molar-refractivity contribution in [3.8, 4) is 0 Å². The van der Waals surface area contributed by atoms with Crippen molar-refractivity contribution >= 4 is 35.2 Å². The Bertz CT molecular complexity index is 1480. The summed E-state index contributed by atoms with van der Waals surface area (Å²) in [5.41, 5.74) is 1.29. The SMILES string of the molecule is Cc1ccc(C(=O)N2CCN(C(=O)Nc3ccc(F)cc3)C2C(=O)NC(CC(=O)O)c2cccc([N+](=O)[O-])c2)cc1. The Labute approximate surface area is 233 Å². The molecule has 0 saturated carbocycles. The molecule has 1 fully saturated rings. The van der Waals surface area contributed by atoms with Crippen molar-refractivity contribution in [1.82, 2.24) is 15.1 Å². The van der Waals surface area contributed by atoms with Crippen LogP contribution >= 0.6 is 0 Å². The smallest absolute Gasteiger partial charge is 0.323 e. The number of nitrogens with one attached hydrogen (secondary N) is 2. The molecule has 0 spiro atoms. The van der Waals surface area contributed by atoms with Crippen LogP contribution in [0.3, 0.4) is 0 Å². The van der Waals surface area contributed by atoms with E-state index in [0.717, 1.165) is 28.7 Å². The van der Waals surface area contributed by atoms with Crippen LogP contribution in [0.5, 0.6) is 0 Å². The first kappa shape index (κ1) is 28.7. The van der Waals surface area contributed by atoms with Crippen molar-refractivity contribution in [3.05, 3.63) is 105 Å². The first-order valence-corrected chi connectivity index (χ1v) is 12.5. The molecule has 2 unspecified atom stereocenters. The molecule has 1 saturated heterocycles. The number of urea groups is 1. The highest BCUT2D eigenvalue weighted by molar-refractivity contribution is 6.00. The molecule has 41 heavy (non-hydrogen) atoms. The van der Waals surface area contributed by atoms with E-state index in [1.807, 2.05) is 6.92 Å². The highest BCUT2D eigenvalue weighted by Gasteiger charge is 2.43. The summed E-state index contributed by atoms with van der Waals surface area (Å²) in [6.07, 6.45) is -2.10. The summed E-state index contributed by atoms with van der Waals surface area (Å²) in [5.74, 6) is -3.20. The number of nitro benzene ring substituents is 1. The summed E-state index contributed by atoms with van der Waals surface area (Å²) in [5, 5.41) is 25.9. The second-order valence-corrected chi connectivity index (χ2v) is 9.38. The second kappa shape index (κ2) is 12.2. The molecule has 1 aliphatic rings. The number of carboxylic acids is 1. The van der Waals surface area contributed by atoms with Crippen molar-refractivity contribution in [2.75, 3.05) is 18.4 Å². The molecule has 2 atom stereocenters. The van der Waals surface area contributed by atoms with E-state index >= 15 is 0 Å². The van der Waals surface area contributed by atoms with Crippen molar-refractivity contribution < 1.29 is 33.6 Å². The number of carboxylic acid groups (broad SMARTS) is 1. The molecule has 1 aliphatic heterocycles. The Morgan fingerprint density at radius 1 is 1.02 bits per heavy atom. The molecule has 0 aromatic heterocycles. The van der Waals surface area contributed by atoms with Gasteiger partial charge in [0.15, 0.2) is 6.17 Å². The Morgan fingerprint density at radius 2 is 1.68 bits per heavy atom. The molecule has 3 aromatic rings. The summed E-state index contributed by atoms with van der Waals surface area (Å²) in [6, 6.07) is 14.8. The van der Waals surface area contributed by atoms with Crippen LogP contribution in [0.2, 0.25) is 0 Å². The quantitative estimate of drug-likeness (QED) is 0.278. The maximum atomic E-state index is 13.7. The number of rotatable bonds is 8. The zero-order valence-corrected chi connectivity index (χ0v) is 21.8. The third-order valence-electron chi connectivity index (χ3n) is 6.50. The van der Waals surface area contributed by atoms with Crippen LogP contribution in [0, 0.1) is 22.9 Å². The summed E-state index contributed by atoms with van der Waals surface area (Å²) in [4.78, 5) is 65.0. The summed E-state index contributed by atoms with van der Waals surface area (Å²) in [7, 11) is 0. The average Bonchev–Trinajstić information content (AvgIpc) is 3.39.